The van der Waals surface area contributed by atoms with E-state index in [2.05, 4.69) is 16.3 Å². The number of nitriles is 3. The number of ether oxygens (including phenoxy) is 1. The molecule has 1 aliphatic rings. The van der Waals surface area contributed by atoms with Crippen molar-refractivity contribution in [2.75, 3.05) is 31.2 Å². The van der Waals surface area contributed by atoms with Crippen LogP contribution in [-0.2, 0) is 4.74 Å². The van der Waals surface area contributed by atoms with Crippen molar-refractivity contribution >= 4 is 23.1 Å². The van der Waals surface area contributed by atoms with Crippen molar-refractivity contribution in [1.29, 1.82) is 15.8 Å². The largest absolute Gasteiger partial charge is 0.480 e. The van der Waals surface area contributed by atoms with Gasteiger partial charge in [-0.05, 0) is 55.8 Å². The highest BCUT2D eigenvalue weighted by Crippen LogP contribution is 2.40. The second kappa shape index (κ2) is 12.3. The van der Waals surface area contributed by atoms with Crippen molar-refractivity contribution in [3.63, 3.8) is 0 Å². The van der Waals surface area contributed by atoms with Crippen LogP contribution in [-0.4, -0.2) is 42.1 Å². The predicted molar refractivity (Wildman–Crippen MR) is 139 cm³/mol. The van der Waals surface area contributed by atoms with E-state index < -0.39 is 5.60 Å². The lowest BCUT2D eigenvalue weighted by Crippen LogP contribution is -2.29. The van der Waals surface area contributed by atoms with Crippen LogP contribution in [0.3, 0.4) is 0 Å². The SMILES string of the molecule is CC1(C)OC(=C(C#N)C#N)C(C#N)=C1/C=C/c1ccc(N=Nc2ccc(N(CCO)CCO)cc2)cc1. The second-order valence-corrected chi connectivity index (χ2v) is 8.52. The van der Waals surface area contributed by atoms with Gasteiger partial charge in [-0.15, -0.1) is 0 Å². The Hall–Kier alpha value is -4.75. The number of hydrogen-bond acceptors (Lipinski definition) is 9. The minimum absolute atomic E-state index is 0.00330. The van der Waals surface area contributed by atoms with E-state index in [9.17, 15) is 26.0 Å². The molecule has 9 nitrogen and oxygen atoms in total. The average Bonchev–Trinajstić information content (AvgIpc) is 3.16. The molecule has 0 saturated heterocycles. The molecular formula is C28H26N6O3. The number of anilines is 1. The van der Waals surface area contributed by atoms with Crippen LogP contribution < -0.4 is 4.90 Å². The van der Waals surface area contributed by atoms with Crippen LogP contribution in [0.1, 0.15) is 19.4 Å². The molecule has 9 heteroatoms. The monoisotopic (exact) mass is 494 g/mol. The molecule has 0 atom stereocenters. The number of allylic oxidation sites excluding steroid dienone is 2. The molecule has 0 spiro atoms. The van der Waals surface area contributed by atoms with Crippen molar-refractivity contribution in [2.24, 2.45) is 10.2 Å². The Labute approximate surface area is 215 Å². The number of aliphatic hydroxyl groups is 2. The molecule has 37 heavy (non-hydrogen) atoms. The van der Waals surface area contributed by atoms with Crippen molar-refractivity contribution in [3.05, 3.63) is 82.6 Å². The van der Waals surface area contributed by atoms with Crippen LogP contribution in [0.15, 0.2) is 87.3 Å². The van der Waals surface area contributed by atoms with Gasteiger partial charge in [-0.3, -0.25) is 0 Å². The predicted octanol–water partition coefficient (Wildman–Crippen LogP) is 4.84. The zero-order valence-electron chi connectivity index (χ0n) is 20.6. The highest BCUT2D eigenvalue weighted by Gasteiger charge is 2.38. The van der Waals surface area contributed by atoms with E-state index in [-0.39, 0.29) is 30.1 Å². The van der Waals surface area contributed by atoms with E-state index in [0.29, 0.717) is 30.0 Å². The summed E-state index contributed by atoms with van der Waals surface area (Å²) in [5.74, 6) is 0.00967. The van der Waals surface area contributed by atoms with Gasteiger partial charge in [-0.1, -0.05) is 24.3 Å². The third kappa shape index (κ3) is 6.48. The number of aliphatic hydroxyl groups excluding tert-OH is 2. The fraction of sp³-hybridized carbons (Fsp3) is 0.250. The molecule has 0 saturated carbocycles. The molecule has 3 rings (SSSR count). The van der Waals surface area contributed by atoms with Crippen LogP contribution in [0.5, 0.6) is 0 Å². The minimum Gasteiger partial charge on any atom is -0.480 e. The molecule has 0 amide bonds. The Morgan fingerprint density at radius 2 is 1.43 bits per heavy atom. The highest BCUT2D eigenvalue weighted by molar-refractivity contribution is 5.64. The summed E-state index contributed by atoms with van der Waals surface area (Å²) in [5.41, 5.74) is 2.71. The van der Waals surface area contributed by atoms with Crippen molar-refractivity contribution < 1.29 is 14.9 Å². The average molecular weight is 495 g/mol. The maximum Gasteiger partial charge on any atom is 0.172 e. The molecule has 2 N–H and O–H groups in total. The number of nitrogens with zero attached hydrogens (tertiary/aromatic N) is 6. The van der Waals surface area contributed by atoms with Gasteiger partial charge in [-0.2, -0.15) is 26.0 Å². The molecule has 0 aliphatic carbocycles. The fourth-order valence-corrected chi connectivity index (χ4v) is 3.77. The lowest BCUT2D eigenvalue weighted by molar-refractivity contribution is 0.0954. The van der Waals surface area contributed by atoms with E-state index in [0.717, 1.165) is 11.3 Å². The molecule has 0 unspecified atom stereocenters. The minimum atomic E-state index is -0.868. The third-order valence-electron chi connectivity index (χ3n) is 5.64. The lowest BCUT2D eigenvalue weighted by Gasteiger charge is -2.22. The van der Waals surface area contributed by atoms with Gasteiger partial charge < -0.3 is 19.8 Å². The normalized spacial score (nSPS) is 14.4. The van der Waals surface area contributed by atoms with E-state index in [4.69, 9.17) is 4.74 Å². The first-order valence-electron chi connectivity index (χ1n) is 11.5. The summed E-state index contributed by atoms with van der Waals surface area (Å²) in [6.07, 6.45) is 3.58. The Bertz CT molecular complexity index is 1340. The molecule has 1 heterocycles. The zero-order valence-corrected chi connectivity index (χ0v) is 20.6. The molecule has 2 aromatic carbocycles. The van der Waals surface area contributed by atoms with Crippen LogP contribution in [0.2, 0.25) is 0 Å². The second-order valence-electron chi connectivity index (χ2n) is 8.52. The number of benzene rings is 2. The van der Waals surface area contributed by atoms with Gasteiger partial charge >= 0.3 is 0 Å². The van der Waals surface area contributed by atoms with E-state index in [1.807, 2.05) is 59.5 Å². The molecule has 0 fully saturated rings. The van der Waals surface area contributed by atoms with Crippen LogP contribution >= 0.6 is 0 Å². The van der Waals surface area contributed by atoms with Gasteiger partial charge in [-0.25, -0.2) is 0 Å². The Morgan fingerprint density at radius 3 is 1.92 bits per heavy atom. The van der Waals surface area contributed by atoms with E-state index in [1.165, 1.54) is 0 Å². The summed E-state index contributed by atoms with van der Waals surface area (Å²) in [7, 11) is 0. The lowest BCUT2D eigenvalue weighted by atomic mass is 9.94. The summed E-state index contributed by atoms with van der Waals surface area (Å²) >= 11 is 0. The number of rotatable bonds is 9. The Balaban J connectivity index is 1.74. The summed E-state index contributed by atoms with van der Waals surface area (Å²) < 4.78 is 5.77. The quantitative estimate of drug-likeness (QED) is 0.374. The van der Waals surface area contributed by atoms with Crippen LogP contribution in [0.25, 0.3) is 6.08 Å². The summed E-state index contributed by atoms with van der Waals surface area (Å²) in [6.45, 7) is 4.40. The van der Waals surface area contributed by atoms with Crippen molar-refractivity contribution in [2.45, 2.75) is 19.4 Å². The van der Waals surface area contributed by atoms with Crippen molar-refractivity contribution in [3.8, 4) is 18.2 Å². The zero-order chi connectivity index (χ0) is 26.8. The first-order valence-corrected chi connectivity index (χ1v) is 11.5. The number of hydrogen-bond donors (Lipinski definition) is 2. The molecular weight excluding hydrogens is 468 g/mol. The summed E-state index contributed by atoms with van der Waals surface area (Å²) in [6, 6.07) is 20.3. The standard InChI is InChI=1S/C28H26N6O3/c1-28(2)26(25(19-31)27(37-28)21(17-29)18-30)12-5-20-3-6-22(7-4-20)32-33-23-8-10-24(11-9-23)34(13-15-35)14-16-36/h3-12,35-36H,13-16H2,1-2H3/b12-5+,33-32?. The van der Waals surface area contributed by atoms with Crippen LogP contribution in [0.4, 0.5) is 17.1 Å². The third-order valence-corrected chi connectivity index (χ3v) is 5.64. The first-order chi connectivity index (χ1) is 17.9. The molecule has 1 aliphatic heterocycles. The van der Waals surface area contributed by atoms with Crippen molar-refractivity contribution in [1.82, 2.24) is 0 Å². The van der Waals surface area contributed by atoms with Gasteiger partial charge in [0.05, 0.1) is 24.6 Å². The molecule has 186 valence electrons. The van der Waals surface area contributed by atoms with Gasteiger partial charge in [0.2, 0.25) is 0 Å². The van der Waals surface area contributed by atoms with E-state index in [1.54, 1.807) is 32.1 Å². The Kier molecular flexibility index (Phi) is 8.91. The van der Waals surface area contributed by atoms with Crippen LogP contribution in [0, 0.1) is 34.0 Å². The summed E-state index contributed by atoms with van der Waals surface area (Å²) in [5, 5.41) is 54.9. The molecule has 0 radical (unpaired) electrons. The maximum absolute atomic E-state index is 9.64. The van der Waals surface area contributed by atoms with Gasteiger partial charge in [0.25, 0.3) is 0 Å². The van der Waals surface area contributed by atoms with Gasteiger partial charge in [0, 0.05) is 24.4 Å². The topological polar surface area (TPSA) is 149 Å². The maximum atomic E-state index is 9.64. The smallest absolute Gasteiger partial charge is 0.172 e. The van der Waals surface area contributed by atoms with E-state index >= 15 is 0 Å². The van der Waals surface area contributed by atoms with Gasteiger partial charge in [0.15, 0.2) is 11.3 Å². The highest BCUT2D eigenvalue weighted by atomic mass is 16.5. The molecule has 0 bridgehead atoms. The fourth-order valence-electron chi connectivity index (χ4n) is 3.77. The molecule has 0 aromatic heterocycles. The first kappa shape index (κ1) is 26.8. The summed E-state index contributed by atoms with van der Waals surface area (Å²) in [4.78, 5) is 1.88. The number of azo groups is 1. The Morgan fingerprint density at radius 1 is 0.892 bits per heavy atom. The molecule has 2 aromatic rings. The van der Waals surface area contributed by atoms with Gasteiger partial charge in [0.1, 0.15) is 29.4 Å².